The van der Waals surface area contributed by atoms with Gasteiger partial charge in [0.15, 0.2) is 24.8 Å². The summed E-state index contributed by atoms with van der Waals surface area (Å²) in [6, 6.07) is 87.8. The molecule has 2 aliphatic carbocycles. The number of rotatable bonds is 10. The second kappa shape index (κ2) is 32.2. The van der Waals surface area contributed by atoms with E-state index in [9.17, 15) is 0 Å². The Kier molecular flexibility index (Phi) is 20.9. The lowest BCUT2D eigenvalue weighted by Gasteiger charge is -2.21. The lowest BCUT2D eigenvalue weighted by Crippen LogP contribution is -2.31. The lowest BCUT2D eigenvalue weighted by atomic mass is 9.85. The summed E-state index contributed by atoms with van der Waals surface area (Å²) >= 11 is 0. The normalized spacial score (nSPS) is 13.6. The first-order valence-electron chi connectivity index (χ1n) is 44.0. The Hall–Kier alpha value is -12.5. The van der Waals surface area contributed by atoms with Crippen LogP contribution >= 0.6 is 0 Å². The molecule has 12 aromatic carbocycles. The van der Waals surface area contributed by atoms with Crippen LogP contribution in [-0.2, 0) is 47.5 Å². The number of furan rings is 4. The summed E-state index contributed by atoms with van der Waals surface area (Å²) in [6.07, 6.45) is 24.5. The Balaban J connectivity index is 0.000000107. The minimum Gasteiger partial charge on any atom is -0.456 e. The topological polar surface area (TPSA) is 68.1 Å². The van der Waals surface area contributed by atoms with E-state index in [-0.39, 0.29) is 5.41 Å². The highest BCUT2D eigenvalue weighted by atomic mass is 16.3. The monoisotopic (exact) mass is 1590 g/mol. The number of benzene rings is 12. The number of hydrogen-bond donors (Lipinski definition) is 0. The van der Waals surface area contributed by atoms with Gasteiger partial charge in [0.25, 0.3) is 0 Å². The van der Waals surface area contributed by atoms with Crippen molar-refractivity contribution in [2.75, 3.05) is 0 Å². The Labute approximate surface area is 709 Å². The molecule has 8 heteroatoms. The molecule has 8 aromatic heterocycles. The zero-order valence-electron chi connectivity index (χ0n) is 72.5. The van der Waals surface area contributed by atoms with Crippen molar-refractivity contribution in [1.82, 2.24) is 0 Å². The summed E-state index contributed by atoms with van der Waals surface area (Å²) in [5.41, 5.74) is 28.5. The van der Waals surface area contributed by atoms with Gasteiger partial charge in [0.2, 0.25) is 22.8 Å². The van der Waals surface area contributed by atoms with Gasteiger partial charge in [-0.2, -0.15) is 0 Å². The fourth-order valence-electron chi connectivity index (χ4n) is 20.3. The first kappa shape index (κ1) is 78.3. The third-order valence-corrected chi connectivity index (χ3v) is 26.5. The van der Waals surface area contributed by atoms with Gasteiger partial charge in [-0.25, -0.2) is 18.3 Å². The second-order valence-corrected chi connectivity index (χ2v) is 36.6. The van der Waals surface area contributed by atoms with E-state index in [1.54, 1.807) is 0 Å². The van der Waals surface area contributed by atoms with Crippen LogP contribution in [0.5, 0.6) is 0 Å². The molecule has 121 heavy (non-hydrogen) atoms. The number of pyridine rings is 4. The molecule has 0 saturated heterocycles. The Bertz CT molecular complexity index is 7430. The van der Waals surface area contributed by atoms with Crippen LogP contribution < -0.4 is 18.3 Å². The van der Waals surface area contributed by atoms with E-state index in [4.69, 9.17) is 17.7 Å². The van der Waals surface area contributed by atoms with E-state index < -0.39 is 0 Å². The van der Waals surface area contributed by atoms with E-state index >= 15 is 0 Å². The van der Waals surface area contributed by atoms with Crippen LogP contribution in [-0.4, -0.2) is 0 Å². The molecule has 22 rings (SSSR count). The summed E-state index contributed by atoms with van der Waals surface area (Å²) in [6.45, 7) is 20.2. The molecule has 0 unspecified atom stereocenters. The molecule has 0 amide bonds. The maximum Gasteiger partial charge on any atom is 0.212 e. The SMILES string of the molecule is Cc1c(-c2cc(C3CCCC3)cc[n+]2C)ccc2c1oc1ccc3ccccc3c12.Cc1c(-c2cc(CC(C)(C)C)cc[n+]2C)ccc2c1oc1ccc3ccccc3c12.Cc1c(-c2cc(CC(C)C)cc[n+]2C)ccc2c1oc1ccc3ccccc3c12.Cc1c(-c2cc(CC3CCCCC3)cc[n+]2C)ccc2c1oc1ccc3ccccc3c12. The largest absolute Gasteiger partial charge is 0.456 e. The van der Waals surface area contributed by atoms with Gasteiger partial charge in [-0.1, -0.05) is 201 Å². The van der Waals surface area contributed by atoms with E-state index in [1.165, 1.54) is 240 Å². The fraction of sp³-hybridized carbons (Fsp3) is 0.257. The maximum absolute atomic E-state index is 6.44. The van der Waals surface area contributed by atoms with Gasteiger partial charge in [0.05, 0.1) is 22.3 Å². The third-order valence-electron chi connectivity index (χ3n) is 26.5. The first-order valence-corrected chi connectivity index (χ1v) is 44.0. The average Bonchev–Trinajstić information content (AvgIpc) is 1.61. The molecule has 2 aliphatic rings. The predicted octanol–water partition coefficient (Wildman–Crippen LogP) is 28.7. The van der Waals surface area contributed by atoms with Crippen LogP contribution in [0.3, 0.4) is 0 Å². The van der Waals surface area contributed by atoms with Crippen molar-refractivity contribution in [3.63, 3.8) is 0 Å². The van der Waals surface area contributed by atoms with E-state index in [0.717, 1.165) is 63.4 Å². The van der Waals surface area contributed by atoms with Crippen molar-refractivity contribution in [3.8, 4) is 45.0 Å². The molecular formula is C113H110N4O4+4. The van der Waals surface area contributed by atoms with E-state index in [1.807, 2.05) is 0 Å². The summed E-state index contributed by atoms with van der Waals surface area (Å²) < 4.78 is 34.5. The standard InChI is InChI=1S/C30H30NO.C28H26NO.C28H28NO.C27H26NO/c1-20-24(27-19-22(16-17-31(27)2)18-21-8-4-3-5-9-21)13-14-26-29-25-11-7-6-10-23(25)12-15-28(29)32-30(20)26;1-18-22(25-17-21(15-16-29(25)2)19-7-3-4-8-19)12-13-24-27-23-10-6-5-9-20(23)11-14-26(27)30-28(18)24;1-18-21(24-16-19(14-15-29(24)5)17-28(2,3)4)11-12-23-26-22-9-7-6-8-20(22)10-13-25(26)30-27(18)23;1-17(2)15-19-13-14-28(4)24(16-19)21-10-11-23-26-22-8-6-5-7-20(22)9-12-25(26)29-27(23)18(21)3/h6-7,10-17,19,21H,3-5,8-9,18H2,1-2H3;5-6,9-17,19H,3-4,7-8H2,1-2H3;6-16H,17H2,1-5H3;5-14,16-17H,15H2,1-4H3/q4*+1. The predicted molar refractivity (Wildman–Crippen MR) is 503 cm³/mol. The number of fused-ring (bicyclic) bond motifs is 20. The van der Waals surface area contributed by atoms with Gasteiger partial charge >= 0.3 is 0 Å². The molecule has 20 aromatic rings. The van der Waals surface area contributed by atoms with Crippen molar-refractivity contribution in [3.05, 3.63) is 312 Å². The molecule has 8 heterocycles. The van der Waals surface area contributed by atoms with Gasteiger partial charge < -0.3 is 17.7 Å². The third kappa shape index (κ3) is 14.9. The number of hydrogen-bond acceptors (Lipinski definition) is 4. The van der Waals surface area contributed by atoms with Crippen LogP contribution in [0, 0.1) is 44.9 Å². The van der Waals surface area contributed by atoms with E-state index in [0.29, 0.717) is 11.8 Å². The van der Waals surface area contributed by atoms with Crippen LogP contribution in [0.2, 0.25) is 0 Å². The van der Waals surface area contributed by atoms with Crippen LogP contribution in [0.15, 0.2) is 285 Å². The molecule has 0 aliphatic heterocycles. The smallest absolute Gasteiger partial charge is 0.212 e. The highest BCUT2D eigenvalue weighted by molar-refractivity contribution is 6.23. The number of aromatic nitrogens is 4. The molecule has 0 radical (unpaired) electrons. The summed E-state index contributed by atoms with van der Waals surface area (Å²) in [7, 11) is 8.52. The molecule has 0 N–H and O–H groups in total. The molecule has 2 saturated carbocycles. The van der Waals surface area contributed by atoms with Gasteiger partial charge in [0.1, 0.15) is 72.9 Å². The van der Waals surface area contributed by atoms with Gasteiger partial charge in [-0.05, 0) is 221 Å². The van der Waals surface area contributed by atoms with Crippen LogP contribution in [0.1, 0.15) is 143 Å². The van der Waals surface area contributed by atoms with Gasteiger partial charge in [-0.15, -0.1) is 0 Å². The van der Waals surface area contributed by atoms with Gasteiger partial charge in [-0.3, -0.25) is 0 Å². The average molecular weight is 1590 g/mol. The Morgan fingerprint density at radius 3 is 1.00 bits per heavy atom. The summed E-state index contributed by atoms with van der Waals surface area (Å²) in [4.78, 5) is 0. The number of aryl methyl sites for hydroxylation is 8. The summed E-state index contributed by atoms with van der Waals surface area (Å²) in [5, 5.41) is 19.7. The highest BCUT2D eigenvalue weighted by Gasteiger charge is 2.28. The minimum atomic E-state index is 0.260. The molecule has 602 valence electrons. The fourth-order valence-corrected chi connectivity index (χ4v) is 20.3. The van der Waals surface area contributed by atoms with Crippen molar-refractivity contribution in [2.24, 2.45) is 45.4 Å². The van der Waals surface area contributed by atoms with Crippen LogP contribution in [0.25, 0.3) is 176 Å². The van der Waals surface area contributed by atoms with Crippen molar-refractivity contribution >= 4 is 131 Å². The van der Waals surface area contributed by atoms with Crippen LogP contribution in [0.4, 0.5) is 0 Å². The lowest BCUT2D eigenvalue weighted by molar-refractivity contribution is -0.660. The van der Waals surface area contributed by atoms with Gasteiger partial charge in [0, 0.05) is 114 Å². The second-order valence-electron chi connectivity index (χ2n) is 36.6. The molecule has 0 spiro atoms. The quantitative estimate of drug-likeness (QED) is 0.128. The molecular weight excluding hydrogens is 1480 g/mol. The van der Waals surface area contributed by atoms with Crippen molar-refractivity contribution in [1.29, 1.82) is 0 Å². The zero-order chi connectivity index (χ0) is 83.1. The summed E-state index contributed by atoms with van der Waals surface area (Å²) in [5.74, 6) is 2.20. The van der Waals surface area contributed by atoms with Crippen molar-refractivity contribution in [2.45, 2.75) is 145 Å². The highest BCUT2D eigenvalue weighted by Crippen LogP contribution is 2.45. The molecule has 0 atom stereocenters. The molecule has 0 bridgehead atoms. The Morgan fingerprint density at radius 2 is 0.636 bits per heavy atom. The first-order chi connectivity index (χ1) is 58.7. The number of nitrogens with zero attached hydrogens (tertiary/aromatic N) is 4. The molecule has 8 nitrogen and oxygen atoms in total. The van der Waals surface area contributed by atoms with Crippen molar-refractivity contribution < 1.29 is 35.9 Å². The molecule has 2 fully saturated rings. The maximum atomic E-state index is 6.44. The zero-order valence-corrected chi connectivity index (χ0v) is 72.5. The Morgan fingerprint density at radius 1 is 0.322 bits per heavy atom. The minimum absolute atomic E-state index is 0.260. The van der Waals surface area contributed by atoms with E-state index in [2.05, 4.69) is 376 Å².